The summed E-state index contributed by atoms with van der Waals surface area (Å²) in [6.45, 7) is 1.80. The quantitative estimate of drug-likeness (QED) is 0.599. The van der Waals surface area contributed by atoms with E-state index in [9.17, 15) is 9.59 Å². The zero-order valence-electron chi connectivity index (χ0n) is 17.5. The van der Waals surface area contributed by atoms with E-state index in [1.54, 1.807) is 11.1 Å². The Labute approximate surface area is 180 Å². The molecule has 3 N–H and O–H groups in total. The number of hydrogen-bond acceptors (Lipinski definition) is 7. The molecule has 0 spiro atoms. The molecule has 31 heavy (non-hydrogen) atoms. The third-order valence-electron chi connectivity index (χ3n) is 5.25. The molecule has 0 radical (unpaired) electrons. The van der Waals surface area contributed by atoms with Crippen molar-refractivity contribution in [3.8, 4) is 5.75 Å². The molecular weight excluding hydrogens is 396 g/mol. The van der Waals surface area contributed by atoms with Crippen LogP contribution in [0.15, 0.2) is 36.8 Å². The third kappa shape index (κ3) is 4.93. The molecule has 2 amide bonds. The van der Waals surface area contributed by atoms with Crippen LogP contribution in [-0.2, 0) is 9.59 Å². The van der Waals surface area contributed by atoms with Gasteiger partial charge in [-0.05, 0) is 31.4 Å². The van der Waals surface area contributed by atoms with Crippen LogP contribution in [0.1, 0.15) is 31.2 Å². The van der Waals surface area contributed by atoms with Crippen LogP contribution in [-0.4, -0.2) is 53.4 Å². The third-order valence-corrected chi connectivity index (χ3v) is 5.25. The van der Waals surface area contributed by atoms with Gasteiger partial charge in [-0.2, -0.15) is 0 Å². The minimum Gasteiger partial charge on any atom is -0.494 e. The summed E-state index contributed by atoms with van der Waals surface area (Å²) in [7, 11) is 1.82. The lowest BCUT2D eigenvalue weighted by Crippen LogP contribution is -2.28. The fraction of sp³-hybridized carbons (Fsp3) is 0.364. The highest BCUT2D eigenvalue weighted by Gasteiger charge is 2.29. The number of carbonyl (C=O) groups excluding carboxylic acids is 2. The molecule has 2 aromatic rings. The van der Waals surface area contributed by atoms with Gasteiger partial charge in [0.15, 0.2) is 0 Å². The minimum atomic E-state index is -0.241. The van der Waals surface area contributed by atoms with E-state index < -0.39 is 0 Å². The molecule has 0 saturated carbocycles. The Hall–Kier alpha value is -3.62. The molecule has 0 aliphatic carbocycles. The Morgan fingerprint density at radius 2 is 1.97 bits per heavy atom. The van der Waals surface area contributed by atoms with Gasteiger partial charge in [0.25, 0.3) is 5.91 Å². The van der Waals surface area contributed by atoms with Crippen LogP contribution in [0, 0.1) is 0 Å². The van der Waals surface area contributed by atoms with Crippen molar-refractivity contribution in [2.75, 3.05) is 42.7 Å². The highest BCUT2D eigenvalue weighted by atomic mass is 16.5. The second kappa shape index (κ2) is 9.46. The monoisotopic (exact) mass is 422 g/mol. The number of anilines is 3. The first-order valence-corrected chi connectivity index (χ1v) is 10.5. The molecule has 0 fully saturated rings. The Morgan fingerprint density at radius 1 is 1.10 bits per heavy atom. The summed E-state index contributed by atoms with van der Waals surface area (Å²) in [5.74, 6) is 1.68. The normalized spacial score (nSPS) is 19.3. The topological polar surface area (TPSA) is 108 Å². The molecule has 162 valence electrons. The summed E-state index contributed by atoms with van der Waals surface area (Å²) in [6, 6.07) is 7.54. The van der Waals surface area contributed by atoms with Crippen molar-refractivity contribution < 1.29 is 14.3 Å². The molecule has 0 unspecified atom stereocenters. The van der Waals surface area contributed by atoms with Gasteiger partial charge in [0.05, 0.1) is 17.7 Å². The van der Waals surface area contributed by atoms with Crippen LogP contribution in [0.25, 0.3) is 5.57 Å². The number of nitrogens with zero attached hydrogens (tertiary/aromatic N) is 3. The van der Waals surface area contributed by atoms with Crippen molar-refractivity contribution in [3.63, 3.8) is 0 Å². The molecule has 1 aromatic heterocycles. The van der Waals surface area contributed by atoms with Crippen LogP contribution >= 0.6 is 0 Å². The summed E-state index contributed by atoms with van der Waals surface area (Å²) in [5, 5.41) is 9.24. The van der Waals surface area contributed by atoms with E-state index in [0.29, 0.717) is 48.9 Å². The number of nitrogens with one attached hydrogen (secondary N) is 3. The maximum absolute atomic E-state index is 12.5. The number of hydrogen-bond donors (Lipinski definition) is 3. The van der Waals surface area contributed by atoms with Crippen LogP contribution < -0.4 is 20.7 Å². The summed E-state index contributed by atoms with van der Waals surface area (Å²) in [6.07, 6.45) is 5.94. The largest absolute Gasteiger partial charge is 0.494 e. The Balaban J connectivity index is 1.60. The maximum Gasteiger partial charge on any atom is 0.259 e. The number of ether oxygens (including phenoxy) is 1. The Kier molecular flexibility index (Phi) is 6.30. The molecule has 2 aliphatic heterocycles. The Bertz CT molecular complexity index is 1010. The van der Waals surface area contributed by atoms with Gasteiger partial charge in [-0.1, -0.05) is 6.07 Å². The zero-order chi connectivity index (χ0) is 21.6. The smallest absolute Gasteiger partial charge is 0.259 e. The first-order chi connectivity index (χ1) is 15.1. The van der Waals surface area contributed by atoms with Crippen molar-refractivity contribution in [2.24, 2.45) is 0 Å². The average Bonchev–Trinajstić information content (AvgIpc) is 3.10. The van der Waals surface area contributed by atoms with E-state index in [1.807, 2.05) is 31.3 Å². The summed E-state index contributed by atoms with van der Waals surface area (Å²) >= 11 is 0. The molecular formula is C22H26N6O3. The second-order valence-corrected chi connectivity index (χ2v) is 7.53. The van der Waals surface area contributed by atoms with Crippen LogP contribution in [0.2, 0.25) is 0 Å². The lowest BCUT2D eigenvalue weighted by molar-refractivity contribution is -0.130. The van der Waals surface area contributed by atoms with Crippen molar-refractivity contribution in [2.45, 2.75) is 25.7 Å². The predicted octanol–water partition coefficient (Wildman–Crippen LogP) is 2.70. The molecule has 3 heterocycles. The van der Waals surface area contributed by atoms with Crippen molar-refractivity contribution in [1.29, 1.82) is 0 Å². The highest BCUT2D eigenvalue weighted by Crippen LogP contribution is 2.34. The first-order valence-electron chi connectivity index (χ1n) is 10.5. The number of fused-ring (bicyclic) bond motifs is 2. The van der Waals surface area contributed by atoms with E-state index in [0.717, 1.165) is 30.7 Å². The number of rotatable bonds is 0. The first kappa shape index (κ1) is 20.6. The number of aromatic nitrogens is 2. The van der Waals surface area contributed by atoms with Gasteiger partial charge >= 0.3 is 0 Å². The molecule has 2 aliphatic rings. The van der Waals surface area contributed by atoms with Gasteiger partial charge in [0, 0.05) is 44.5 Å². The van der Waals surface area contributed by atoms with Gasteiger partial charge in [-0.25, -0.2) is 9.97 Å². The molecule has 9 heteroatoms. The predicted molar refractivity (Wildman–Crippen MR) is 119 cm³/mol. The van der Waals surface area contributed by atoms with E-state index in [2.05, 4.69) is 25.9 Å². The summed E-state index contributed by atoms with van der Waals surface area (Å²) in [4.78, 5) is 35.1. The summed E-state index contributed by atoms with van der Waals surface area (Å²) in [5.41, 5.74) is 1.89. The van der Waals surface area contributed by atoms with E-state index in [4.69, 9.17) is 4.74 Å². The fourth-order valence-electron chi connectivity index (χ4n) is 3.53. The van der Waals surface area contributed by atoms with E-state index >= 15 is 0 Å². The van der Waals surface area contributed by atoms with Crippen LogP contribution in [0.5, 0.6) is 5.75 Å². The van der Waals surface area contributed by atoms with Gasteiger partial charge < -0.3 is 25.6 Å². The van der Waals surface area contributed by atoms with Crippen LogP contribution in [0.3, 0.4) is 0 Å². The van der Waals surface area contributed by atoms with Gasteiger partial charge in [0.1, 0.15) is 23.7 Å². The van der Waals surface area contributed by atoms with Gasteiger partial charge in [0.2, 0.25) is 5.91 Å². The lowest BCUT2D eigenvalue weighted by atomic mass is 10.1. The molecule has 0 atom stereocenters. The maximum atomic E-state index is 12.5. The number of amides is 2. The fourth-order valence-corrected chi connectivity index (χ4v) is 3.53. The molecule has 4 rings (SSSR count). The lowest BCUT2D eigenvalue weighted by Gasteiger charge is -2.17. The summed E-state index contributed by atoms with van der Waals surface area (Å²) < 4.78 is 5.82. The van der Waals surface area contributed by atoms with Crippen molar-refractivity contribution >= 4 is 34.7 Å². The van der Waals surface area contributed by atoms with Crippen molar-refractivity contribution in [3.05, 3.63) is 42.4 Å². The van der Waals surface area contributed by atoms with Crippen LogP contribution in [0.4, 0.5) is 17.3 Å². The standard InChI is InChI=1S/C22H26N6O3/c1-28-10-5-9-23-20-19-17(22(30)27-21(19)26-14-25-20)13-24-15-6-4-7-16(12-15)31-11-3-2-8-18(28)29/h4,6-7,12-14,24H,2-3,5,8-11H2,1H3,(H2,23,25,26,27,30)/b17-13-. The number of carbonyl (C=O) groups is 2. The molecule has 1 aromatic carbocycles. The van der Waals surface area contributed by atoms with E-state index in [-0.39, 0.29) is 11.8 Å². The molecule has 2 bridgehead atoms. The zero-order valence-corrected chi connectivity index (χ0v) is 17.5. The minimum absolute atomic E-state index is 0.132. The average molecular weight is 422 g/mol. The molecule has 0 saturated heterocycles. The van der Waals surface area contributed by atoms with Gasteiger partial charge in [-0.15, -0.1) is 0 Å². The Morgan fingerprint density at radius 3 is 2.87 bits per heavy atom. The molecule has 9 nitrogen and oxygen atoms in total. The van der Waals surface area contributed by atoms with Crippen molar-refractivity contribution in [1.82, 2.24) is 14.9 Å². The van der Waals surface area contributed by atoms with E-state index in [1.165, 1.54) is 6.33 Å². The highest BCUT2D eigenvalue weighted by molar-refractivity contribution is 6.32. The van der Waals surface area contributed by atoms with Gasteiger partial charge in [-0.3, -0.25) is 9.59 Å². The SMILES string of the molecule is CN1CCCNc2ncnc3c2/C(=C/Nc2cccc(c2)OCCCCC1=O)C(=O)N3. The number of benzene rings is 1. The second-order valence-electron chi connectivity index (χ2n) is 7.53.